The molecule has 1 aromatic heterocycles. The van der Waals surface area contributed by atoms with Gasteiger partial charge in [-0.2, -0.15) is 0 Å². The number of nitrogens with zero attached hydrogens (tertiary/aromatic N) is 1. The van der Waals surface area contributed by atoms with Gasteiger partial charge in [0.1, 0.15) is 5.75 Å². The molecule has 2 aromatic carbocycles. The summed E-state index contributed by atoms with van der Waals surface area (Å²) in [5, 5.41) is 1.96. The standard InChI is InChI=1S/C18H15NO2/c1-12(20)15-8-6-13-11-14(17-5-3-4-10-19-17)7-9-16(13)18(15)21-2/h3-11H,1-2H3. The van der Waals surface area contributed by atoms with Crippen molar-refractivity contribution in [1.82, 2.24) is 4.98 Å². The van der Waals surface area contributed by atoms with Gasteiger partial charge in [0.15, 0.2) is 5.78 Å². The number of ketones is 1. The average Bonchev–Trinajstić information content (AvgIpc) is 2.53. The first-order valence-corrected chi connectivity index (χ1v) is 6.74. The quantitative estimate of drug-likeness (QED) is 0.676. The van der Waals surface area contributed by atoms with E-state index < -0.39 is 0 Å². The zero-order valence-corrected chi connectivity index (χ0v) is 12.0. The van der Waals surface area contributed by atoms with Crippen molar-refractivity contribution in [3.63, 3.8) is 0 Å². The summed E-state index contributed by atoms with van der Waals surface area (Å²) in [7, 11) is 1.59. The molecule has 3 aromatic rings. The van der Waals surface area contributed by atoms with Gasteiger partial charge in [0, 0.05) is 17.1 Å². The number of ether oxygens (including phenoxy) is 1. The highest BCUT2D eigenvalue weighted by molar-refractivity contribution is 6.04. The number of hydrogen-bond donors (Lipinski definition) is 0. The van der Waals surface area contributed by atoms with Crippen molar-refractivity contribution in [3.8, 4) is 17.0 Å². The molecule has 3 rings (SSSR count). The Labute approximate surface area is 123 Å². The Hall–Kier alpha value is -2.68. The van der Waals surface area contributed by atoms with E-state index in [2.05, 4.69) is 11.1 Å². The number of hydrogen-bond acceptors (Lipinski definition) is 3. The number of methoxy groups -OCH3 is 1. The topological polar surface area (TPSA) is 39.2 Å². The van der Waals surface area contributed by atoms with Crippen LogP contribution < -0.4 is 4.74 Å². The molecule has 0 fully saturated rings. The number of Topliss-reactive ketones (excluding diaryl/α,β-unsaturated/α-hetero) is 1. The Morgan fingerprint density at radius 1 is 1.10 bits per heavy atom. The lowest BCUT2D eigenvalue weighted by Gasteiger charge is -2.11. The maximum atomic E-state index is 11.7. The van der Waals surface area contributed by atoms with Crippen molar-refractivity contribution < 1.29 is 9.53 Å². The Morgan fingerprint density at radius 2 is 1.95 bits per heavy atom. The Bertz CT molecular complexity index is 810. The molecule has 0 unspecified atom stereocenters. The van der Waals surface area contributed by atoms with Crippen LogP contribution in [0.25, 0.3) is 22.0 Å². The molecule has 3 nitrogen and oxygen atoms in total. The number of carbonyl (C=O) groups is 1. The van der Waals surface area contributed by atoms with Gasteiger partial charge in [-0.25, -0.2) is 0 Å². The second kappa shape index (κ2) is 5.37. The van der Waals surface area contributed by atoms with E-state index in [0.717, 1.165) is 22.0 Å². The highest BCUT2D eigenvalue weighted by Crippen LogP contribution is 2.32. The van der Waals surface area contributed by atoms with Crippen LogP contribution in [0.2, 0.25) is 0 Å². The van der Waals surface area contributed by atoms with E-state index in [1.54, 1.807) is 20.2 Å². The number of fused-ring (bicyclic) bond motifs is 1. The van der Waals surface area contributed by atoms with Crippen molar-refractivity contribution in [3.05, 3.63) is 60.3 Å². The van der Waals surface area contributed by atoms with Crippen molar-refractivity contribution in [2.24, 2.45) is 0 Å². The third kappa shape index (κ3) is 2.38. The second-order valence-electron chi connectivity index (χ2n) is 4.85. The summed E-state index contributed by atoms with van der Waals surface area (Å²) in [5.41, 5.74) is 2.57. The van der Waals surface area contributed by atoms with Crippen LogP contribution in [0.3, 0.4) is 0 Å². The molecule has 3 heteroatoms. The van der Waals surface area contributed by atoms with E-state index in [1.165, 1.54) is 0 Å². The van der Waals surface area contributed by atoms with Gasteiger partial charge in [-0.3, -0.25) is 9.78 Å². The van der Waals surface area contributed by atoms with Crippen LogP contribution in [0.15, 0.2) is 54.7 Å². The van der Waals surface area contributed by atoms with Crippen LogP contribution in [0.1, 0.15) is 17.3 Å². The first kappa shape index (κ1) is 13.3. The SMILES string of the molecule is COc1c(C(C)=O)ccc2cc(-c3ccccn3)ccc12. The summed E-state index contributed by atoms with van der Waals surface area (Å²) in [6.45, 7) is 1.55. The predicted octanol–water partition coefficient (Wildman–Crippen LogP) is 4.11. The molecule has 0 saturated heterocycles. The molecule has 0 aliphatic carbocycles. The Morgan fingerprint density at radius 3 is 2.62 bits per heavy atom. The summed E-state index contributed by atoms with van der Waals surface area (Å²) < 4.78 is 5.43. The molecule has 0 amide bonds. The fourth-order valence-electron chi connectivity index (χ4n) is 2.49. The lowest BCUT2D eigenvalue weighted by atomic mass is 10.00. The van der Waals surface area contributed by atoms with E-state index in [4.69, 9.17) is 4.74 Å². The van der Waals surface area contributed by atoms with Gasteiger partial charge in [-0.05, 0) is 42.6 Å². The molecule has 0 aliphatic heterocycles. The molecule has 0 saturated carbocycles. The van der Waals surface area contributed by atoms with Crippen LogP contribution in [0.4, 0.5) is 0 Å². The van der Waals surface area contributed by atoms with Gasteiger partial charge >= 0.3 is 0 Å². The van der Waals surface area contributed by atoms with E-state index in [9.17, 15) is 4.79 Å². The Kier molecular flexibility index (Phi) is 3.40. The minimum Gasteiger partial charge on any atom is -0.495 e. The molecular weight excluding hydrogens is 262 g/mol. The van der Waals surface area contributed by atoms with Crippen LogP contribution >= 0.6 is 0 Å². The lowest BCUT2D eigenvalue weighted by molar-refractivity contribution is 0.101. The number of pyridine rings is 1. The highest BCUT2D eigenvalue weighted by Gasteiger charge is 2.12. The molecular formula is C18H15NO2. The molecule has 0 bridgehead atoms. The lowest BCUT2D eigenvalue weighted by Crippen LogP contribution is -1.98. The first-order valence-electron chi connectivity index (χ1n) is 6.74. The van der Waals surface area contributed by atoms with E-state index >= 15 is 0 Å². The molecule has 21 heavy (non-hydrogen) atoms. The van der Waals surface area contributed by atoms with E-state index in [-0.39, 0.29) is 5.78 Å². The van der Waals surface area contributed by atoms with Crippen molar-refractivity contribution in [1.29, 1.82) is 0 Å². The third-order valence-electron chi connectivity index (χ3n) is 3.51. The number of aromatic nitrogens is 1. The average molecular weight is 277 g/mol. The molecule has 0 spiro atoms. The van der Waals surface area contributed by atoms with Crippen molar-refractivity contribution >= 4 is 16.6 Å². The summed E-state index contributed by atoms with van der Waals surface area (Å²) in [6, 6.07) is 15.6. The van der Waals surface area contributed by atoms with Crippen LogP contribution in [-0.4, -0.2) is 17.9 Å². The van der Waals surface area contributed by atoms with Gasteiger partial charge in [-0.1, -0.05) is 18.2 Å². The molecule has 0 N–H and O–H groups in total. The van der Waals surface area contributed by atoms with Gasteiger partial charge in [0.05, 0.1) is 18.4 Å². The third-order valence-corrected chi connectivity index (χ3v) is 3.51. The molecule has 1 heterocycles. The molecule has 0 radical (unpaired) electrons. The normalized spacial score (nSPS) is 10.6. The van der Waals surface area contributed by atoms with Gasteiger partial charge in [-0.15, -0.1) is 0 Å². The summed E-state index contributed by atoms with van der Waals surface area (Å²) >= 11 is 0. The summed E-state index contributed by atoms with van der Waals surface area (Å²) in [4.78, 5) is 16.0. The maximum absolute atomic E-state index is 11.7. The maximum Gasteiger partial charge on any atom is 0.163 e. The number of rotatable bonds is 3. The van der Waals surface area contributed by atoms with Crippen molar-refractivity contribution in [2.75, 3.05) is 7.11 Å². The van der Waals surface area contributed by atoms with Gasteiger partial charge < -0.3 is 4.74 Å². The highest BCUT2D eigenvalue weighted by atomic mass is 16.5. The molecule has 0 aliphatic rings. The monoisotopic (exact) mass is 277 g/mol. The number of benzene rings is 2. The minimum atomic E-state index is 0.00236. The van der Waals surface area contributed by atoms with Crippen molar-refractivity contribution in [2.45, 2.75) is 6.92 Å². The largest absolute Gasteiger partial charge is 0.495 e. The van der Waals surface area contributed by atoms with Crippen LogP contribution in [0.5, 0.6) is 5.75 Å². The fourth-order valence-corrected chi connectivity index (χ4v) is 2.49. The molecule has 104 valence electrons. The molecule has 0 atom stereocenters. The van der Waals surface area contributed by atoms with E-state index in [0.29, 0.717) is 11.3 Å². The van der Waals surface area contributed by atoms with Gasteiger partial charge in [0.25, 0.3) is 0 Å². The number of carbonyl (C=O) groups excluding carboxylic acids is 1. The zero-order chi connectivity index (χ0) is 14.8. The summed E-state index contributed by atoms with van der Waals surface area (Å²) in [5.74, 6) is 0.634. The fraction of sp³-hybridized carbons (Fsp3) is 0.111. The Balaban J connectivity index is 2.20. The van der Waals surface area contributed by atoms with E-state index in [1.807, 2.05) is 42.5 Å². The van der Waals surface area contributed by atoms with Crippen LogP contribution in [0, 0.1) is 0 Å². The smallest absolute Gasteiger partial charge is 0.163 e. The predicted molar refractivity (Wildman–Crippen MR) is 83.7 cm³/mol. The van der Waals surface area contributed by atoms with Crippen LogP contribution in [-0.2, 0) is 0 Å². The zero-order valence-electron chi connectivity index (χ0n) is 12.0. The first-order chi connectivity index (χ1) is 10.2. The second-order valence-corrected chi connectivity index (χ2v) is 4.85. The summed E-state index contributed by atoms with van der Waals surface area (Å²) in [6.07, 6.45) is 1.78. The van der Waals surface area contributed by atoms with Gasteiger partial charge in [0.2, 0.25) is 0 Å². The minimum absolute atomic E-state index is 0.00236.